The molecule has 26 heavy (non-hydrogen) atoms. The van der Waals surface area contributed by atoms with E-state index in [1.807, 2.05) is 28.0 Å². The van der Waals surface area contributed by atoms with Crippen molar-refractivity contribution in [2.75, 3.05) is 32.7 Å². The Labute approximate surface area is 154 Å². The summed E-state index contributed by atoms with van der Waals surface area (Å²) in [7, 11) is 0. The molecule has 0 spiro atoms. The number of rotatable bonds is 3. The zero-order valence-corrected chi connectivity index (χ0v) is 15.0. The van der Waals surface area contributed by atoms with Gasteiger partial charge >= 0.3 is 0 Å². The Morgan fingerprint density at radius 3 is 2.77 bits per heavy atom. The van der Waals surface area contributed by atoms with Gasteiger partial charge in [-0.05, 0) is 24.8 Å². The average Bonchev–Trinajstić information content (AvgIpc) is 3.19. The van der Waals surface area contributed by atoms with Gasteiger partial charge in [-0.15, -0.1) is 0 Å². The molecule has 3 aliphatic heterocycles. The first-order valence-corrected chi connectivity index (χ1v) is 9.57. The number of nitrogens with zero attached hydrogens (tertiary/aromatic N) is 2. The second-order valence-corrected chi connectivity index (χ2v) is 7.38. The number of nitrogens with one attached hydrogen (secondary N) is 3. The van der Waals surface area contributed by atoms with Crippen LogP contribution in [0.25, 0.3) is 0 Å². The van der Waals surface area contributed by atoms with Gasteiger partial charge < -0.3 is 15.1 Å². The Kier molecular flexibility index (Phi) is 5.19. The standard InChI is InChI=1S/C19H27N5O2/c25-18-12-20-8-10-24(18)15-7-4-9-23(13-15)19(26)17-11-16(21-22-17)14-5-2-1-3-6-14/h1-3,5-6,15-17,20-22H,4,7-13H2. The molecule has 3 N–H and O–H groups in total. The summed E-state index contributed by atoms with van der Waals surface area (Å²) in [5.74, 6) is 0.295. The highest BCUT2D eigenvalue weighted by Crippen LogP contribution is 2.24. The molecule has 3 saturated heterocycles. The van der Waals surface area contributed by atoms with E-state index in [9.17, 15) is 9.59 Å². The van der Waals surface area contributed by atoms with Crippen LogP contribution in [-0.4, -0.2) is 66.4 Å². The van der Waals surface area contributed by atoms with Gasteiger partial charge in [-0.1, -0.05) is 30.3 Å². The molecular weight excluding hydrogens is 330 g/mol. The summed E-state index contributed by atoms with van der Waals surface area (Å²) in [6.45, 7) is 3.42. The van der Waals surface area contributed by atoms with Crippen molar-refractivity contribution in [3.63, 3.8) is 0 Å². The minimum Gasteiger partial charge on any atom is -0.339 e. The van der Waals surface area contributed by atoms with Gasteiger partial charge in [0.25, 0.3) is 0 Å². The first kappa shape index (κ1) is 17.5. The molecule has 7 nitrogen and oxygen atoms in total. The number of hydrogen-bond acceptors (Lipinski definition) is 5. The van der Waals surface area contributed by atoms with Gasteiger partial charge in [0, 0.05) is 38.3 Å². The number of piperidine rings is 1. The molecule has 2 amide bonds. The van der Waals surface area contributed by atoms with Crippen molar-refractivity contribution in [2.45, 2.75) is 37.4 Å². The van der Waals surface area contributed by atoms with Crippen molar-refractivity contribution in [3.8, 4) is 0 Å². The fourth-order valence-electron chi connectivity index (χ4n) is 4.26. The summed E-state index contributed by atoms with van der Waals surface area (Å²) in [5.41, 5.74) is 7.62. The van der Waals surface area contributed by atoms with E-state index in [4.69, 9.17) is 0 Å². The third kappa shape index (κ3) is 3.60. The maximum atomic E-state index is 13.0. The fraction of sp³-hybridized carbons (Fsp3) is 0.579. The Balaban J connectivity index is 1.36. The maximum Gasteiger partial charge on any atom is 0.241 e. The van der Waals surface area contributed by atoms with E-state index >= 15 is 0 Å². The second kappa shape index (κ2) is 7.73. The largest absolute Gasteiger partial charge is 0.339 e. The van der Waals surface area contributed by atoms with Crippen LogP contribution in [0.4, 0.5) is 0 Å². The van der Waals surface area contributed by atoms with E-state index in [2.05, 4.69) is 28.3 Å². The number of piperazine rings is 1. The first-order valence-electron chi connectivity index (χ1n) is 9.57. The molecule has 3 atom stereocenters. The minimum atomic E-state index is -0.210. The lowest BCUT2D eigenvalue weighted by molar-refractivity contribution is -0.141. The lowest BCUT2D eigenvalue weighted by atomic mass is 9.99. The third-order valence-electron chi connectivity index (χ3n) is 5.68. The molecule has 0 radical (unpaired) electrons. The van der Waals surface area contributed by atoms with Crippen LogP contribution in [0.5, 0.6) is 0 Å². The topological polar surface area (TPSA) is 76.7 Å². The predicted molar refractivity (Wildman–Crippen MR) is 98.0 cm³/mol. The molecular formula is C19H27N5O2. The zero-order chi connectivity index (χ0) is 17.9. The van der Waals surface area contributed by atoms with Crippen LogP contribution in [0.3, 0.4) is 0 Å². The molecule has 1 aromatic rings. The van der Waals surface area contributed by atoms with Gasteiger partial charge in [0.1, 0.15) is 6.04 Å². The molecule has 3 unspecified atom stereocenters. The molecule has 3 fully saturated rings. The Morgan fingerprint density at radius 1 is 1.12 bits per heavy atom. The van der Waals surface area contributed by atoms with Crippen LogP contribution >= 0.6 is 0 Å². The van der Waals surface area contributed by atoms with E-state index in [0.717, 1.165) is 38.9 Å². The van der Waals surface area contributed by atoms with E-state index in [1.54, 1.807) is 0 Å². The molecule has 0 aliphatic carbocycles. The summed E-state index contributed by atoms with van der Waals surface area (Å²) >= 11 is 0. The Hall–Kier alpha value is -1.96. The van der Waals surface area contributed by atoms with Gasteiger partial charge in [0.05, 0.1) is 6.54 Å². The van der Waals surface area contributed by atoms with E-state index in [-0.39, 0.29) is 29.9 Å². The monoisotopic (exact) mass is 357 g/mol. The second-order valence-electron chi connectivity index (χ2n) is 7.38. The number of likely N-dealkylation sites (tertiary alicyclic amines) is 1. The van der Waals surface area contributed by atoms with Crippen molar-refractivity contribution < 1.29 is 9.59 Å². The van der Waals surface area contributed by atoms with E-state index in [0.29, 0.717) is 13.1 Å². The lowest BCUT2D eigenvalue weighted by Crippen LogP contribution is -2.59. The highest BCUT2D eigenvalue weighted by atomic mass is 16.2. The molecule has 0 saturated carbocycles. The highest BCUT2D eigenvalue weighted by molar-refractivity contribution is 5.83. The molecule has 1 aromatic carbocycles. The van der Waals surface area contributed by atoms with Gasteiger partial charge in [0.2, 0.25) is 11.8 Å². The number of benzene rings is 1. The quantitative estimate of drug-likeness (QED) is 0.711. The third-order valence-corrected chi connectivity index (χ3v) is 5.68. The van der Waals surface area contributed by atoms with E-state index < -0.39 is 0 Å². The number of carbonyl (C=O) groups is 2. The van der Waals surface area contributed by atoms with Crippen molar-refractivity contribution in [2.24, 2.45) is 0 Å². The van der Waals surface area contributed by atoms with Crippen molar-refractivity contribution in [3.05, 3.63) is 35.9 Å². The number of hydrogen-bond donors (Lipinski definition) is 3. The fourth-order valence-corrected chi connectivity index (χ4v) is 4.26. The zero-order valence-electron chi connectivity index (χ0n) is 15.0. The number of amides is 2. The average molecular weight is 357 g/mol. The molecule has 7 heteroatoms. The summed E-state index contributed by atoms with van der Waals surface area (Å²) in [5, 5.41) is 3.11. The molecule has 140 valence electrons. The van der Waals surface area contributed by atoms with Crippen molar-refractivity contribution >= 4 is 11.8 Å². The Bertz CT molecular complexity index is 653. The van der Waals surface area contributed by atoms with Gasteiger partial charge in [0.15, 0.2) is 0 Å². The summed E-state index contributed by atoms with van der Waals surface area (Å²) in [4.78, 5) is 29.1. The summed E-state index contributed by atoms with van der Waals surface area (Å²) in [6, 6.07) is 10.3. The van der Waals surface area contributed by atoms with Gasteiger partial charge in [-0.25, -0.2) is 10.9 Å². The van der Waals surface area contributed by atoms with Crippen molar-refractivity contribution in [1.82, 2.24) is 26.0 Å². The Morgan fingerprint density at radius 2 is 1.96 bits per heavy atom. The molecule has 3 aliphatic rings. The van der Waals surface area contributed by atoms with Crippen LogP contribution in [0, 0.1) is 0 Å². The molecule has 3 heterocycles. The van der Waals surface area contributed by atoms with Crippen LogP contribution in [0.15, 0.2) is 30.3 Å². The summed E-state index contributed by atoms with van der Waals surface area (Å²) < 4.78 is 0. The van der Waals surface area contributed by atoms with Crippen LogP contribution < -0.4 is 16.2 Å². The lowest BCUT2D eigenvalue weighted by Gasteiger charge is -2.41. The minimum absolute atomic E-state index is 0.142. The normalized spacial score (nSPS) is 29.8. The van der Waals surface area contributed by atoms with Crippen LogP contribution in [0.1, 0.15) is 30.9 Å². The van der Waals surface area contributed by atoms with Gasteiger partial charge in [-0.3, -0.25) is 9.59 Å². The SMILES string of the molecule is O=C(C1CC(c2ccccc2)NN1)N1CCCC(N2CCNCC2=O)C1. The first-order chi connectivity index (χ1) is 12.7. The van der Waals surface area contributed by atoms with Gasteiger partial charge in [-0.2, -0.15) is 0 Å². The molecule has 4 rings (SSSR count). The molecule has 0 aromatic heterocycles. The van der Waals surface area contributed by atoms with E-state index in [1.165, 1.54) is 5.56 Å². The van der Waals surface area contributed by atoms with Crippen LogP contribution in [-0.2, 0) is 9.59 Å². The molecule has 0 bridgehead atoms. The van der Waals surface area contributed by atoms with Crippen LogP contribution in [0.2, 0.25) is 0 Å². The predicted octanol–water partition coefficient (Wildman–Crippen LogP) is 0.0170. The number of hydrazine groups is 1. The highest BCUT2D eigenvalue weighted by Gasteiger charge is 2.36. The van der Waals surface area contributed by atoms with Crippen molar-refractivity contribution in [1.29, 1.82) is 0 Å². The smallest absolute Gasteiger partial charge is 0.241 e. The number of carbonyl (C=O) groups excluding carboxylic acids is 2. The summed E-state index contributed by atoms with van der Waals surface area (Å²) in [6.07, 6.45) is 2.69. The maximum absolute atomic E-state index is 13.0.